The summed E-state index contributed by atoms with van der Waals surface area (Å²) in [7, 11) is 0. The van der Waals surface area contributed by atoms with Crippen molar-refractivity contribution in [3.05, 3.63) is 56.8 Å². The van der Waals surface area contributed by atoms with Crippen LogP contribution in [-0.2, 0) is 14.3 Å². The number of piperidine rings is 1. The smallest absolute Gasteiger partial charge is 0.415 e. The lowest BCUT2D eigenvalue weighted by molar-refractivity contribution is -0.296. The standard InChI is InChI=1S/C27H27Cl2N3O10/c28-12-4-6-17-15(9-12)24(36)31-23(30-17)16-10-13(29)5-7-18(16)41-27(39)32-8-2-1-3-14(32)11-40-26-21(35)19(33)20(34)22(42-26)25(37)38/h4-7,9-10,14,19-22,26,33-35H,1-3,8,11H2,(H,37,38)(H,30,31,36)/t14?,19-,20-,21+,22-,26+/m0/s1. The van der Waals surface area contributed by atoms with Gasteiger partial charge in [-0.25, -0.2) is 14.6 Å². The molecule has 3 aromatic rings. The molecule has 0 bridgehead atoms. The van der Waals surface area contributed by atoms with Gasteiger partial charge in [0, 0.05) is 16.6 Å². The fourth-order valence-corrected chi connectivity index (χ4v) is 5.32. The Hall–Kier alpha value is -3.30. The van der Waals surface area contributed by atoms with E-state index in [1.807, 2.05) is 0 Å². The molecular formula is C27H27Cl2N3O10. The molecular weight excluding hydrogens is 597 g/mol. The Kier molecular flexibility index (Phi) is 8.99. The van der Waals surface area contributed by atoms with Crippen LogP contribution in [0.2, 0.25) is 10.0 Å². The number of nitrogens with zero attached hydrogens (tertiary/aromatic N) is 2. The Balaban J connectivity index is 1.34. The van der Waals surface area contributed by atoms with Crippen molar-refractivity contribution in [2.24, 2.45) is 0 Å². The second-order valence-corrected chi connectivity index (χ2v) is 10.9. The molecule has 2 saturated heterocycles. The quantitative estimate of drug-likeness (QED) is 0.270. The van der Waals surface area contributed by atoms with Gasteiger partial charge in [-0.1, -0.05) is 23.2 Å². The van der Waals surface area contributed by atoms with E-state index in [2.05, 4.69) is 9.97 Å². The van der Waals surface area contributed by atoms with Crippen LogP contribution in [-0.4, -0.2) is 97.3 Å². The Labute approximate surface area is 248 Å². The van der Waals surface area contributed by atoms with E-state index < -0.39 is 54.4 Å². The Bertz CT molecular complexity index is 1550. The zero-order valence-corrected chi connectivity index (χ0v) is 23.4. The molecule has 0 aliphatic carbocycles. The maximum atomic E-state index is 13.4. The van der Waals surface area contributed by atoms with E-state index in [1.165, 1.54) is 29.2 Å². The number of carboxylic acid groups (broad SMARTS) is 1. The Morgan fingerprint density at radius 1 is 1.05 bits per heavy atom. The minimum Gasteiger partial charge on any atom is -0.479 e. The number of hydrogen-bond donors (Lipinski definition) is 5. The van der Waals surface area contributed by atoms with Crippen LogP contribution in [0.5, 0.6) is 5.75 Å². The molecule has 2 fully saturated rings. The van der Waals surface area contributed by atoms with Gasteiger partial charge in [-0.15, -0.1) is 0 Å². The summed E-state index contributed by atoms with van der Waals surface area (Å²) in [6.07, 6.45) is -7.55. The normalized spacial score (nSPS) is 26.3. The van der Waals surface area contributed by atoms with Crippen LogP contribution < -0.4 is 10.3 Å². The molecule has 2 aliphatic heterocycles. The van der Waals surface area contributed by atoms with Crippen LogP contribution >= 0.6 is 23.2 Å². The summed E-state index contributed by atoms with van der Waals surface area (Å²) < 4.78 is 16.5. The summed E-state index contributed by atoms with van der Waals surface area (Å²) in [5.41, 5.74) is 0.192. The fraction of sp³-hybridized carbons (Fsp3) is 0.407. The number of aliphatic hydroxyl groups is 3. The van der Waals surface area contributed by atoms with Crippen LogP contribution in [0, 0.1) is 0 Å². The highest BCUT2D eigenvalue weighted by Crippen LogP contribution is 2.32. The van der Waals surface area contributed by atoms with Crippen molar-refractivity contribution < 1.29 is 44.2 Å². The second kappa shape index (κ2) is 12.5. The van der Waals surface area contributed by atoms with Crippen LogP contribution in [0.4, 0.5) is 4.79 Å². The number of benzene rings is 2. The van der Waals surface area contributed by atoms with Crippen molar-refractivity contribution in [3.8, 4) is 17.1 Å². The molecule has 13 nitrogen and oxygen atoms in total. The molecule has 2 aliphatic rings. The number of nitrogens with one attached hydrogen (secondary N) is 1. The lowest BCUT2D eigenvalue weighted by Gasteiger charge is -2.40. The number of aliphatic hydroxyl groups excluding tert-OH is 3. The maximum Gasteiger partial charge on any atom is 0.415 e. The van der Waals surface area contributed by atoms with Gasteiger partial charge in [0.1, 0.15) is 29.9 Å². The lowest BCUT2D eigenvalue weighted by Crippen LogP contribution is -2.61. The number of carbonyl (C=O) groups excluding carboxylic acids is 1. The highest BCUT2D eigenvalue weighted by molar-refractivity contribution is 6.31. The molecule has 1 unspecified atom stereocenters. The van der Waals surface area contributed by atoms with Gasteiger partial charge in [-0.3, -0.25) is 4.79 Å². The van der Waals surface area contributed by atoms with E-state index in [-0.39, 0.29) is 29.1 Å². The summed E-state index contributed by atoms with van der Waals surface area (Å²) >= 11 is 12.2. The number of rotatable bonds is 6. The molecule has 2 aromatic carbocycles. The maximum absolute atomic E-state index is 13.4. The summed E-state index contributed by atoms with van der Waals surface area (Å²) in [6.45, 7) is 0.135. The zero-order valence-electron chi connectivity index (χ0n) is 21.9. The molecule has 1 amide bonds. The van der Waals surface area contributed by atoms with Gasteiger partial charge in [0.2, 0.25) is 0 Å². The number of H-pyrrole nitrogens is 1. The van der Waals surface area contributed by atoms with Gasteiger partial charge < -0.3 is 44.5 Å². The monoisotopic (exact) mass is 623 g/mol. The van der Waals surface area contributed by atoms with Gasteiger partial charge in [0.05, 0.1) is 29.1 Å². The van der Waals surface area contributed by atoms with Crippen molar-refractivity contribution in [1.29, 1.82) is 0 Å². The third-order valence-corrected chi connectivity index (χ3v) is 7.66. The summed E-state index contributed by atoms with van der Waals surface area (Å²) in [5.74, 6) is -1.33. The van der Waals surface area contributed by atoms with Crippen LogP contribution in [0.1, 0.15) is 19.3 Å². The number of amides is 1. The number of likely N-dealkylation sites (tertiary alicyclic amines) is 1. The number of fused-ring (bicyclic) bond motifs is 1. The molecule has 0 spiro atoms. The first-order chi connectivity index (χ1) is 20.0. The molecule has 1 aromatic heterocycles. The lowest BCUT2D eigenvalue weighted by atomic mass is 9.99. The van der Waals surface area contributed by atoms with Crippen molar-refractivity contribution in [2.75, 3.05) is 13.2 Å². The Morgan fingerprint density at radius 3 is 2.55 bits per heavy atom. The number of ether oxygens (including phenoxy) is 3. The number of aliphatic carboxylic acids is 1. The average molecular weight is 624 g/mol. The number of carboxylic acids is 1. The van der Waals surface area contributed by atoms with Crippen LogP contribution in [0.15, 0.2) is 41.2 Å². The predicted octanol–water partition coefficient (Wildman–Crippen LogP) is 2.16. The minimum absolute atomic E-state index is 0.0820. The van der Waals surface area contributed by atoms with Crippen molar-refractivity contribution in [3.63, 3.8) is 0 Å². The van der Waals surface area contributed by atoms with Gasteiger partial charge in [-0.05, 0) is 55.7 Å². The number of aromatic nitrogens is 2. The van der Waals surface area contributed by atoms with Crippen LogP contribution in [0.25, 0.3) is 22.3 Å². The third kappa shape index (κ3) is 6.22. The highest BCUT2D eigenvalue weighted by Gasteiger charge is 2.47. The van der Waals surface area contributed by atoms with Crippen molar-refractivity contribution >= 4 is 46.2 Å². The SMILES string of the molecule is O=C(O)[C@H]1O[C@@H](OCC2CCCCN2C(=O)Oc2ccc(Cl)cc2-c2nc3ccc(Cl)cc3c(=O)[nH]2)[C@H](O)[C@@H](O)[C@@H]1O. The third-order valence-electron chi connectivity index (χ3n) is 7.19. The minimum atomic E-state index is -1.85. The molecule has 5 N–H and O–H groups in total. The molecule has 0 radical (unpaired) electrons. The van der Waals surface area contributed by atoms with E-state index in [0.29, 0.717) is 34.9 Å². The second-order valence-electron chi connectivity index (χ2n) is 10.00. The molecule has 5 rings (SSSR count). The van der Waals surface area contributed by atoms with E-state index in [0.717, 1.165) is 6.42 Å². The Morgan fingerprint density at radius 2 is 1.79 bits per heavy atom. The molecule has 42 heavy (non-hydrogen) atoms. The predicted molar refractivity (Wildman–Crippen MR) is 148 cm³/mol. The van der Waals surface area contributed by atoms with E-state index in [9.17, 15) is 34.8 Å². The van der Waals surface area contributed by atoms with Gasteiger partial charge in [0.15, 0.2) is 12.4 Å². The summed E-state index contributed by atoms with van der Waals surface area (Å²) in [6, 6.07) is 8.63. The summed E-state index contributed by atoms with van der Waals surface area (Å²) in [5, 5.41) is 40.4. The van der Waals surface area contributed by atoms with E-state index >= 15 is 0 Å². The van der Waals surface area contributed by atoms with E-state index in [4.69, 9.17) is 37.4 Å². The molecule has 0 saturated carbocycles. The molecule has 3 heterocycles. The topological polar surface area (TPSA) is 192 Å². The van der Waals surface area contributed by atoms with Gasteiger partial charge in [0.25, 0.3) is 5.56 Å². The fourth-order valence-electron chi connectivity index (χ4n) is 4.98. The van der Waals surface area contributed by atoms with Gasteiger partial charge in [-0.2, -0.15) is 0 Å². The molecule has 6 atom stereocenters. The van der Waals surface area contributed by atoms with Crippen molar-refractivity contribution in [2.45, 2.75) is 56.0 Å². The number of carbonyl (C=O) groups is 2. The number of halogens is 2. The first kappa shape index (κ1) is 30.2. The first-order valence-corrected chi connectivity index (χ1v) is 13.8. The average Bonchev–Trinajstić information content (AvgIpc) is 2.96. The van der Waals surface area contributed by atoms with E-state index in [1.54, 1.807) is 12.1 Å². The number of aromatic amines is 1. The highest BCUT2D eigenvalue weighted by atomic mass is 35.5. The largest absolute Gasteiger partial charge is 0.479 e. The summed E-state index contributed by atoms with van der Waals surface area (Å²) in [4.78, 5) is 46.1. The number of hydrogen-bond acceptors (Lipinski definition) is 10. The molecule has 15 heteroatoms. The first-order valence-electron chi connectivity index (χ1n) is 13.1. The zero-order chi connectivity index (χ0) is 30.1. The van der Waals surface area contributed by atoms with Crippen molar-refractivity contribution in [1.82, 2.24) is 14.9 Å². The van der Waals surface area contributed by atoms with Gasteiger partial charge >= 0.3 is 12.1 Å². The van der Waals surface area contributed by atoms with Crippen LogP contribution in [0.3, 0.4) is 0 Å². The molecule has 224 valence electrons.